The van der Waals surface area contributed by atoms with Crippen molar-refractivity contribution in [3.8, 4) is 0 Å². The number of hydrogen-bond acceptors (Lipinski definition) is 2. The van der Waals surface area contributed by atoms with Crippen LogP contribution in [-0.4, -0.2) is 13.1 Å². The molecule has 0 unspecified atom stereocenters. The Morgan fingerprint density at radius 1 is 1.11 bits per heavy atom. The van der Waals surface area contributed by atoms with Gasteiger partial charge in [-0.25, -0.2) is 0 Å². The Morgan fingerprint density at radius 3 is 2.28 bits per heavy atom. The summed E-state index contributed by atoms with van der Waals surface area (Å²) in [7, 11) is 0. The third-order valence-corrected chi connectivity index (χ3v) is 4.25. The number of hydrogen-bond donors (Lipinski definition) is 1. The van der Waals surface area contributed by atoms with E-state index in [0.29, 0.717) is 0 Å². The zero-order chi connectivity index (χ0) is 13.1. The van der Waals surface area contributed by atoms with Crippen molar-refractivity contribution in [1.29, 1.82) is 0 Å². The highest BCUT2D eigenvalue weighted by atomic mass is 15.1. The molecule has 0 amide bonds. The lowest BCUT2D eigenvalue weighted by Gasteiger charge is -2.36. The van der Waals surface area contributed by atoms with Crippen LogP contribution in [-0.2, 0) is 0 Å². The van der Waals surface area contributed by atoms with Crippen LogP contribution in [0.1, 0.15) is 45.2 Å². The SMILES string of the molecule is CC(C)C1CCN(c2ccccc2[C@H](C)N)CC1. The van der Waals surface area contributed by atoms with Gasteiger partial charge in [0.1, 0.15) is 0 Å². The zero-order valence-electron chi connectivity index (χ0n) is 11.9. The molecule has 0 bridgehead atoms. The minimum atomic E-state index is 0.115. The van der Waals surface area contributed by atoms with E-state index in [1.807, 2.05) is 0 Å². The normalized spacial score (nSPS) is 19.3. The van der Waals surface area contributed by atoms with E-state index in [1.165, 1.54) is 37.2 Å². The molecule has 1 aromatic rings. The van der Waals surface area contributed by atoms with Crippen LogP contribution in [0.3, 0.4) is 0 Å². The first-order chi connectivity index (χ1) is 8.59. The number of nitrogens with zero attached hydrogens (tertiary/aromatic N) is 1. The van der Waals surface area contributed by atoms with Gasteiger partial charge in [-0.2, -0.15) is 0 Å². The molecule has 1 heterocycles. The van der Waals surface area contributed by atoms with Gasteiger partial charge in [-0.3, -0.25) is 0 Å². The van der Waals surface area contributed by atoms with Gasteiger partial charge in [0, 0.05) is 24.8 Å². The molecule has 1 atom stereocenters. The predicted molar refractivity (Wildman–Crippen MR) is 78.8 cm³/mol. The van der Waals surface area contributed by atoms with E-state index in [4.69, 9.17) is 5.73 Å². The monoisotopic (exact) mass is 246 g/mol. The van der Waals surface area contributed by atoms with Crippen LogP contribution in [0.5, 0.6) is 0 Å². The molecule has 2 N–H and O–H groups in total. The maximum atomic E-state index is 6.07. The number of para-hydroxylation sites is 1. The van der Waals surface area contributed by atoms with Crippen molar-refractivity contribution in [1.82, 2.24) is 0 Å². The van der Waals surface area contributed by atoms with Crippen LogP contribution in [0.15, 0.2) is 24.3 Å². The van der Waals surface area contributed by atoms with Crippen molar-refractivity contribution in [3.05, 3.63) is 29.8 Å². The second-order valence-corrected chi connectivity index (χ2v) is 5.92. The van der Waals surface area contributed by atoms with Crippen LogP contribution in [0.25, 0.3) is 0 Å². The number of nitrogens with two attached hydrogens (primary N) is 1. The van der Waals surface area contributed by atoms with Gasteiger partial charge >= 0.3 is 0 Å². The molecule has 2 nitrogen and oxygen atoms in total. The zero-order valence-corrected chi connectivity index (χ0v) is 11.9. The highest BCUT2D eigenvalue weighted by Crippen LogP contribution is 2.31. The van der Waals surface area contributed by atoms with Crippen LogP contribution in [0, 0.1) is 11.8 Å². The third-order valence-electron chi connectivity index (χ3n) is 4.25. The second kappa shape index (κ2) is 5.75. The van der Waals surface area contributed by atoms with Crippen molar-refractivity contribution in [2.45, 2.75) is 39.7 Å². The molecule has 1 aliphatic rings. The molecule has 2 rings (SSSR count). The standard InChI is InChI=1S/C16H26N2/c1-12(2)14-8-10-18(11-9-14)16-7-5-4-6-15(16)13(3)17/h4-7,12-14H,8-11,17H2,1-3H3/t13-/m0/s1. The van der Waals surface area contributed by atoms with Gasteiger partial charge in [0.2, 0.25) is 0 Å². The highest BCUT2D eigenvalue weighted by molar-refractivity contribution is 5.55. The molecular formula is C16H26N2. The average molecular weight is 246 g/mol. The first-order valence-corrected chi connectivity index (χ1v) is 7.19. The summed E-state index contributed by atoms with van der Waals surface area (Å²) >= 11 is 0. The molecule has 1 aliphatic heterocycles. The maximum absolute atomic E-state index is 6.07. The average Bonchev–Trinajstić information content (AvgIpc) is 2.39. The van der Waals surface area contributed by atoms with Crippen LogP contribution >= 0.6 is 0 Å². The molecule has 1 fully saturated rings. The fourth-order valence-corrected chi connectivity index (χ4v) is 2.97. The van der Waals surface area contributed by atoms with E-state index in [0.717, 1.165) is 11.8 Å². The summed E-state index contributed by atoms with van der Waals surface area (Å²) in [6, 6.07) is 8.70. The summed E-state index contributed by atoms with van der Waals surface area (Å²) in [5.74, 6) is 1.71. The molecule has 0 aliphatic carbocycles. The molecule has 2 heteroatoms. The summed E-state index contributed by atoms with van der Waals surface area (Å²) in [6.45, 7) is 9.10. The number of benzene rings is 1. The Bertz CT molecular complexity index is 376. The third kappa shape index (κ3) is 2.86. The van der Waals surface area contributed by atoms with E-state index in [-0.39, 0.29) is 6.04 Å². The van der Waals surface area contributed by atoms with Crippen molar-refractivity contribution >= 4 is 5.69 Å². The molecule has 100 valence electrons. The van der Waals surface area contributed by atoms with E-state index < -0.39 is 0 Å². The van der Waals surface area contributed by atoms with Crippen LogP contribution in [0.4, 0.5) is 5.69 Å². The fourth-order valence-electron chi connectivity index (χ4n) is 2.97. The fraction of sp³-hybridized carbons (Fsp3) is 0.625. The quantitative estimate of drug-likeness (QED) is 0.883. The molecule has 0 spiro atoms. The minimum Gasteiger partial charge on any atom is -0.371 e. The Kier molecular flexibility index (Phi) is 4.28. The smallest absolute Gasteiger partial charge is 0.0414 e. The van der Waals surface area contributed by atoms with Gasteiger partial charge in [-0.1, -0.05) is 32.0 Å². The van der Waals surface area contributed by atoms with Crippen molar-refractivity contribution in [3.63, 3.8) is 0 Å². The summed E-state index contributed by atoms with van der Waals surface area (Å²) < 4.78 is 0. The van der Waals surface area contributed by atoms with Gasteiger partial charge in [0.15, 0.2) is 0 Å². The second-order valence-electron chi connectivity index (χ2n) is 5.92. The summed E-state index contributed by atoms with van der Waals surface area (Å²) in [4.78, 5) is 2.51. The molecule has 1 saturated heterocycles. The Labute approximate surface area is 111 Å². The molecule has 0 aromatic heterocycles. The van der Waals surface area contributed by atoms with Gasteiger partial charge < -0.3 is 10.6 Å². The van der Waals surface area contributed by atoms with Crippen molar-refractivity contribution < 1.29 is 0 Å². The summed E-state index contributed by atoms with van der Waals surface area (Å²) in [5, 5.41) is 0. The first kappa shape index (κ1) is 13.4. The van der Waals surface area contributed by atoms with Gasteiger partial charge in [0.05, 0.1) is 0 Å². The van der Waals surface area contributed by atoms with E-state index in [1.54, 1.807) is 0 Å². The number of rotatable bonds is 3. The Hall–Kier alpha value is -1.02. The molecular weight excluding hydrogens is 220 g/mol. The molecule has 0 radical (unpaired) electrons. The molecule has 18 heavy (non-hydrogen) atoms. The lowest BCUT2D eigenvalue weighted by Crippen LogP contribution is -2.36. The van der Waals surface area contributed by atoms with E-state index in [9.17, 15) is 0 Å². The van der Waals surface area contributed by atoms with E-state index >= 15 is 0 Å². The lowest BCUT2D eigenvalue weighted by atomic mass is 9.86. The Balaban J connectivity index is 2.10. The molecule has 1 aromatic carbocycles. The maximum Gasteiger partial charge on any atom is 0.0414 e. The summed E-state index contributed by atoms with van der Waals surface area (Å²) in [6.07, 6.45) is 2.62. The minimum absolute atomic E-state index is 0.115. The lowest BCUT2D eigenvalue weighted by molar-refractivity contribution is 0.311. The number of anilines is 1. The molecule has 0 saturated carbocycles. The highest BCUT2D eigenvalue weighted by Gasteiger charge is 2.23. The van der Waals surface area contributed by atoms with Gasteiger partial charge in [-0.05, 0) is 43.2 Å². The van der Waals surface area contributed by atoms with Crippen LogP contribution in [0.2, 0.25) is 0 Å². The van der Waals surface area contributed by atoms with E-state index in [2.05, 4.69) is 49.9 Å². The topological polar surface area (TPSA) is 29.3 Å². The van der Waals surface area contributed by atoms with Crippen LogP contribution < -0.4 is 10.6 Å². The van der Waals surface area contributed by atoms with Gasteiger partial charge in [-0.15, -0.1) is 0 Å². The van der Waals surface area contributed by atoms with Crippen molar-refractivity contribution in [2.75, 3.05) is 18.0 Å². The van der Waals surface area contributed by atoms with Gasteiger partial charge in [0.25, 0.3) is 0 Å². The predicted octanol–water partition coefficient (Wildman–Crippen LogP) is 3.58. The summed E-state index contributed by atoms with van der Waals surface area (Å²) in [5.41, 5.74) is 8.69. The number of piperidine rings is 1. The van der Waals surface area contributed by atoms with Crippen molar-refractivity contribution in [2.24, 2.45) is 17.6 Å². The first-order valence-electron chi connectivity index (χ1n) is 7.19. The largest absolute Gasteiger partial charge is 0.371 e. The Morgan fingerprint density at radius 2 is 1.72 bits per heavy atom.